The molecule has 1 heterocycles. The lowest BCUT2D eigenvalue weighted by atomic mass is 9.74. The fraction of sp³-hybridized carbons (Fsp3) is 0.500. The quantitative estimate of drug-likeness (QED) is 0.721. The van der Waals surface area contributed by atoms with Gasteiger partial charge in [-0.15, -0.1) is 0 Å². The molecule has 1 saturated carbocycles. The second-order valence-electron chi connectivity index (χ2n) is 4.99. The first-order valence-electron chi connectivity index (χ1n) is 6.20. The predicted molar refractivity (Wildman–Crippen MR) is 64.6 cm³/mol. The molecule has 1 aliphatic heterocycles. The molecule has 2 nitrogen and oxygen atoms in total. The third-order valence-corrected chi connectivity index (χ3v) is 4.00. The fourth-order valence-corrected chi connectivity index (χ4v) is 3.02. The molecule has 0 amide bonds. The average Bonchev–Trinajstić information content (AvgIpc) is 2.33. The summed E-state index contributed by atoms with van der Waals surface area (Å²) in [5.41, 5.74) is 2.29. The van der Waals surface area contributed by atoms with E-state index in [1.165, 1.54) is 17.7 Å². The first-order valence-corrected chi connectivity index (χ1v) is 6.20. The number of benzene rings is 1. The summed E-state index contributed by atoms with van der Waals surface area (Å²) in [5.74, 6) is 0.424. The largest absolute Gasteiger partial charge is 0.373 e. The molecule has 1 N–H and O–H groups in total. The lowest BCUT2D eigenvalue weighted by molar-refractivity contribution is -0.125. The molecule has 16 heavy (non-hydrogen) atoms. The number of carbonyl (C=O) groups excluding carboxylic acids is 1. The topological polar surface area (TPSA) is 29.1 Å². The minimum Gasteiger partial charge on any atom is -0.373 e. The number of carbonyl (C=O) groups is 1. The Morgan fingerprint density at radius 3 is 2.81 bits per heavy atom. The lowest BCUT2D eigenvalue weighted by Crippen LogP contribution is -2.50. The second kappa shape index (κ2) is 3.62. The van der Waals surface area contributed by atoms with Crippen LogP contribution in [0.25, 0.3) is 0 Å². The Labute approximate surface area is 96.1 Å². The van der Waals surface area contributed by atoms with Gasteiger partial charge < -0.3 is 5.32 Å². The Balaban J connectivity index is 1.94. The van der Waals surface area contributed by atoms with Crippen LogP contribution in [0.3, 0.4) is 0 Å². The maximum Gasteiger partial charge on any atom is 0.158 e. The highest BCUT2D eigenvalue weighted by atomic mass is 16.1. The minimum atomic E-state index is -0.230. The van der Waals surface area contributed by atoms with Crippen LogP contribution in [-0.4, -0.2) is 11.3 Å². The minimum absolute atomic E-state index is 0.230. The summed E-state index contributed by atoms with van der Waals surface area (Å²) in [7, 11) is 0. The summed E-state index contributed by atoms with van der Waals surface area (Å²) in [5, 5.41) is 3.51. The number of Topliss-reactive ketones (excluding diaryl/α,β-unsaturated/α-hetero) is 1. The van der Waals surface area contributed by atoms with Crippen molar-refractivity contribution in [3.63, 3.8) is 0 Å². The number of anilines is 1. The Bertz CT molecular complexity index is 426. The number of hydrogen-bond donors (Lipinski definition) is 1. The van der Waals surface area contributed by atoms with E-state index in [2.05, 4.69) is 23.5 Å². The Morgan fingerprint density at radius 2 is 1.94 bits per heavy atom. The number of ketones is 1. The zero-order chi connectivity index (χ0) is 11.0. The normalized spacial score (nSPS) is 28.6. The van der Waals surface area contributed by atoms with Crippen LogP contribution < -0.4 is 5.32 Å². The molecule has 1 aromatic carbocycles. The molecule has 1 aromatic rings. The van der Waals surface area contributed by atoms with Gasteiger partial charge in [0.2, 0.25) is 0 Å². The molecule has 3 rings (SSSR count). The summed E-state index contributed by atoms with van der Waals surface area (Å²) < 4.78 is 0. The smallest absolute Gasteiger partial charge is 0.158 e. The van der Waals surface area contributed by atoms with Crippen LogP contribution in [0, 0.1) is 0 Å². The van der Waals surface area contributed by atoms with E-state index in [1.54, 1.807) is 0 Å². The van der Waals surface area contributed by atoms with Gasteiger partial charge in [0.25, 0.3) is 0 Å². The third-order valence-electron chi connectivity index (χ3n) is 4.00. The van der Waals surface area contributed by atoms with Crippen molar-refractivity contribution in [3.8, 4) is 0 Å². The van der Waals surface area contributed by atoms with Crippen LogP contribution >= 0.6 is 0 Å². The highest BCUT2D eigenvalue weighted by Crippen LogP contribution is 2.37. The fourth-order valence-electron chi connectivity index (χ4n) is 3.02. The number of fused-ring (bicyclic) bond motifs is 1. The molecule has 1 aliphatic carbocycles. The standard InChI is InChI=1S/C14H17NO/c16-13-7-3-4-9-14(13)10-8-11-5-1-2-6-12(11)15-14/h1-2,5-6,15H,3-4,7-10H2. The molecular formula is C14H17NO. The number of hydrogen-bond acceptors (Lipinski definition) is 2. The molecule has 1 atom stereocenters. The molecule has 0 bridgehead atoms. The van der Waals surface area contributed by atoms with Gasteiger partial charge in [0, 0.05) is 12.1 Å². The summed E-state index contributed by atoms with van der Waals surface area (Å²) in [6.45, 7) is 0. The Morgan fingerprint density at radius 1 is 1.06 bits per heavy atom. The molecule has 0 radical (unpaired) electrons. The number of para-hydroxylation sites is 1. The highest BCUT2D eigenvalue weighted by molar-refractivity contribution is 5.92. The molecule has 1 fully saturated rings. The van der Waals surface area contributed by atoms with Crippen molar-refractivity contribution in [2.45, 2.75) is 44.1 Å². The molecular weight excluding hydrogens is 198 g/mol. The SMILES string of the molecule is O=C1CCCCC12CCc1ccccc1N2. The first-order chi connectivity index (χ1) is 7.80. The van der Waals surface area contributed by atoms with Crippen molar-refractivity contribution in [1.29, 1.82) is 0 Å². The van der Waals surface area contributed by atoms with Crippen LogP contribution in [-0.2, 0) is 11.2 Å². The van der Waals surface area contributed by atoms with E-state index in [-0.39, 0.29) is 5.54 Å². The predicted octanol–water partition coefficient (Wildman–Crippen LogP) is 2.93. The highest BCUT2D eigenvalue weighted by Gasteiger charge is 2.41. The Hall–Kier alpha value is -1.31. The van der Waals surface area contributed by atoms with Gasteiger partial charge in [-0.2, -0.15) is 0 Å². The number of nitrogens with one attached hydrogen (secondary N) is 1. The van der Waals surface area contributed by atoms with Gasteiger partial charge >= 0.3 is 0 Å². The summed E-state index contributed by atoms with van der Waals surface area (Å²) in [6.07, 6.45) is 6.04. The van der Waals surface area contributed by atoms with Gasteiger partial charge in [0.05, 0.1) is 5.54 Å². The number of rotatable bonds is 0. The molecule has 1 unspecified atom stereocenters. The van der Waals surface area contributed by atoms with Crippen molar-refractivity contribution in [1.82, 2.24) is 0 Å². The van der Waals surface area contributed by atoms with Crippen molar-refractivity contribution >= 4 is 11.5 Å². The van der Waals surface area contributed by atoms with Crippen molar-refractivity contribution in [2.75, 3.05) is 5.32 Å². The van der Waals surface area contributed by atoms with Gasteiger partial charge in [-0.05, 0) is 37.3 Å². The van der Waals surface area contributed by atoms with E-state index in [0.717, 1.165) is 32.1 Å². The maximum atomic E-state index is 12.1. The molecule has 84 valence electrons. The van der Waals surface area contributed by atoms with E-state index in [9.17, 15) is 4.79 Å². The van der Waals surface area contributed by atoms with Gasteiger partial charge in [-0.3, -0.25) is 4.79 Å². The summed E-state index contributed by atoms with van der Waals surface area (Å²) in [6, 6.07) is 8.36. The first kappa shape index (κ1) is 9.88. The molecule has 0 aromatic heterocycles. The van der Waals surface area contributed by atoms with Crippen molar-refractivity contribution in [2.24, 2.45) is 0 Å². The van der Waals surface area contributed by atoms with Crippen LogP contribution in [0.2, 0.25) is 0 Å². The summed E-state index contributed by atoms with van der Waals surface area (Å²) >= 11 is 0. The van der Waals surface area contributed by atoms with Gasteiger partial charge in [-0.25, -0.2) is 0 Å². The number of aryl methyl sites for hydroxylation is 1. The lowest BCUT2D eigenvalue weighted by Gasteiger charge is -2.41. The van der Waals surface area contributed by atoms with E-state index in [0.29, 0.717) is 5.78 Å². The summed E-state index contributed by atoms with van der Waals surface area (Å²) in [4.78, 5) is 12.1. The van der Waals surface area contributed by atoms with E-state index < -0.39 is 0 Å². The molecule has 0 saturated heterocycles. The van der Waals surface area contributed by atoms with Crippen LogP contribution in [0.5, 0.6) is 0 Å². The van der Waals surface area contributed by atoms with Crippen LogP contribution in [0.4, 0.5) is 5.69 Å². The van der Waals surface area contributed by atoms with E-state index in [4.69, 9.17) is 0 Å². The third kappa shape index (κ3) is 1.44. The van der Waals surface area contributed by atoms with Crippen LogP contribution in [0.1, 0.15) is 37.7 Å². The van der Waals surface area contributed by atoms with Gasteiger partial charge in [-0.1, -0.05) is 24.6 Å². The zero-order valence-electron chi connectivity index (χ0n) is 9.46. The maximum absolute atomic E-state index is 12.1. The van der Waals surface area contributed by atoms with Gasteiger partial charge in [0.15, 0.2) is 5.78 Å². The second-order valence-corrected chi connectivity index (χ2v) is 4.99. The average molecular weight is 215 g/mol. The molecule has 2 heteroatoms. The van der Waals surface area contributed by atoms with Crippen molar-refractivity contribution < 1.29 is 4.79 Å². The van der Waals surface area contributed by atoms with Crippen molar-refractivity contribution in [3.05, 3.63) is 29.8 Å². The van der Waals surface area contributed by atoms with E-state index >= 15 is 0 Å². The molecule has 2 aliphatic rings. The van der Waals surface area contributed by atoms with Crippen LogP contribution in [0.15, 0.2) is 24.3 Å². The zero-order valence-corrected chi connectivity index (χ0v) is 9.46. The monoisotopic (exact) mass is 215 g/mol. The van der Waals surface area contributed by atoms with E-state index in [1.807, 2.05) is 6.07 Å². The Kier molecular flexibility index (Phi) is 2.23. The molecule has 1 spiro atoms. The van der Waals surface area contributed by atoms with Gasteiger partial charge in [0.1, 0.15) is 0 Å².